The van der Waals surface area contributed by atoms with E-state index >= 15 is 0 Å². The number of pyridine rings is 1. The summed E-state index contributed by atoms with van der Waals surface area (Å²) < 4.78 is 1.76. The quantitative estimate of drug-likeness (QED) is 0.580. The normalized spacial score (nSPS) is 10.5. The third kappa shape index (κ3) is 3.49. The topological polar surface area (TPSA) is 112 Å². The number of nitrogens with two attached hydrogens (primary N) is 1. The fraction of sp³-hybridized carbons (Fsp3) is 0. The predicted molar refractivity (Wildman–Crippen MR) is 101 cm³/mol. The second kappa shape index (κ2) is 7.04. The molecule has 3 heterocycles. The molecule has 132 valence electrons. The number of nitrogens with one attached hydrogen (secondary N) is 1. The van der Waals surface area contributed by atoms with Gasteiger partial charge in [-0.25, -0.2) is 9.67 Å². The first-order valence-electron chi connectivity index (χ1n) is 8.16. The summed E-state index contributed by atoms with van der Waals surface area (Å²) in [6.07, 6.45) is 6.53. The molecule has 0 aliphatic rings. The molecule has 0 radical (unpaired) electrons. The van der Waals surface area contributed by atoms with E-state index in [1.54, 1.807) is 29.1 Å². The van der Waals surface area contributed by atoms with E-state index in [-0.39, 0.29) is 11.7 Å². The zero-order valence-electron chi connectivity index (χ0n) is 14.1. The smallest absolute Gasteiger partial charge is 0.259 e. The molecule has 0 atom stereocenters. The molecule has 1 amide bonds. The van der Waals surface area contributed by atoms with E-state index in [1.165, 1.54) is 12.4 Å². The van der Waals surface area contributed by atoms with Crippen molar-refractivity contribution in [3.63, 3.8) is 0 Å². The van der Waals surface area contributed by atoms with E-state index < -0.39 is 0 Å². The Hall–Kier alpha value is -4.07. The van der Waals surface area contributed by atoms with Crippen molar-refractivity contribution < 1.29 is 4.79 Å². The molecule has 1 aromatic carbocycles. The molecule has 0 saturated carbocycles. The van der Waals surface area contributed by atoms with Crippen LogP contribution in [0.1, 0.15) is 10.4 Å². The van der Waals surface area contributed by atoms with Gasteiger partial charge in [-0.05, 0) is 36.4 Å². The summed E-state index contributed by atoms with van der Waals surface area (Å²) in [7, 11) is 0. The van der Waals surface area contributed by atoms with Crippen LogP contribution in [0.3, 0.4) is 0 Å². The van der Waals surface area contributed by atoms with E-state index in [0.717, 1.165) is 11.3 Å². The molecule has 27 heavy (non-hydrogen) atoms. The summed E-state index contributed by atoms with van der Waals surface area (Å²) in [4.78, 5) is 16.8. The Morgan fingerprint density at radius 3 is 2.70 bits per heavy atom. The number of hydrogen-bond donors (Lipinski definition) is 2. The fourth-order valence-electron chi connectivity index (χ4n) is 2.62. The van der Waals surface area contributed by atoms with Crippen LogP contribution in [0, 0.1) is 0 Å². The van der Waals surface area contributed by atoms with Gasteiger partial charge in [-0.1, -0.05) is 12.1 Å². The number of rotatable bonds is 4. The molecule has 8 nitrogen and oxygen atoms in total. The van der Waals surface area contributed by atoms with E-state index in [2.05, 4.69) is 25.6 Å². The van der Waals surface area contributed by atoms with Gasteiger partial charge >= 0.3 is 0 Å². The average molecular weight is 357 g/mol. The number of benzene rings is 1. The molecule has 8 heteroatoms. The first-order chi connectivity index (χ1) is 13.2. The van der Waals surface area contributed by atoms with Crippen LogP contribution in [0.4, 0.5) is 11.5 Å². The number of amides is 1. The van der Waals surface area contributed by atoms with Gasteiger partial charge in [-0.3, -0.25) is 4.79 Å². The van der Waals surface area contributed by atoms with E-state index in [9.17, 15) is 4.79 Å². The van der Waals surface area contributed by atoms with Crippen LogP contribution >= 0.6 is 0 Å². The van der Waals surface area contributed by atoms with Crippen LogP contribution in [0.15, 0.2) is 73.3 Å². The van der Waals surface area contributed by atoms with Crippen molar-refractivity contribution in [2.75, 3.05) is 11.1 Å². The number of nitrogen functional groups attached to an aromatic ring is 1. The van der Waals surface area contributed by atoms with Crippen molar-refractivity contribution in [2.24, 2.45) is 0 Å². The number of anilines is 2. The van der Waals surface area contributed by atoms with Crippen LogP contribution in [0.5, 0.6) is 0 Å². The maximum absolute atomic E-state index is 12.4. The van der Waals surface area contributed by atoms with Gasteiger partial charge in [0, 0.05) is 18.0 Å². The number of carbonyl (C=O) groups is 1. The molecule has 3 N–H and O–H groups in total. The van der Waals surface area contributed by atoms with Crippen LogP contribution < -0.4 is 11.1 Å². The zero-order chi connectivity index (χ0) is 18.6. The van der Waals surface area contributed by atoms with Crippen molar-refractivity contribution in [3.05, 3.63) is 78.9 Å². The first kappa shape index (κ1) is 16.4. The lowest BCUT2D eigenvalue weighted by atomic mass is 10.1. The van der Waals surface area contributed by atoms with E-state index in [0.29, 0.717) is 16.9 Å². The highest BCUT2D eigenvalue weighted by Gasteiger charge is 2.13. The molecule has 0 saturated heterocycles. The Labute approximate surface area is 154 Å². The number of hydrogen-bond acceptors (Lipinski definition) is 6. The van der Waals surface area contributed by atoms with E-state index in [4.69, 9.17) is 5.73 Å². The highest BCUT2D eigenvalue weighted by molar-refractivity contribution is 6.07. The predicted octanol–water partition coefficient (Wildman–Crippen LogP) is 2.56. The van der Waals surface area contributed by atoms with Gasteiger partial charge in [0.25, 0.3) is 5.91 Å². The summed E-state index contributed by atoms with van der Waals surface area (Å²) >= 11 is 0. The minimum atomic E-state index is -0.357. The summed E-state index contributed by atoms with van der Waals surface area (Å²) in [6, 6.07) is 14.7. The monoisotopic (exact) mass is 357 g/mol. The largest absolute Gasteiger partial charge is 0.383 e. The van der Waals surface area contributed by atoms with E-state index in [1.807, 2.05) is 36.5 Å². The third-order valence-corrected chi connectivity index (χ3v) is 3.92. The Morgan fingerprint density at radius 2 is 1.96 bits per heavy atom. The molecule has 0 spiro atoms. The molecule has 0 bridgehead atoms. The molecule has 4 aromatic rings. The summed E-state index contributed by atoms with van der Waals surface area (Å²) in [5.74, 6) is -0.207. The second-order valence-corrected chi connectivity index (χ2v) is 5.72. The number of carbonyl (C=O) groups excluding carboxylic acids is 1. The Balaban J connectivity index is 1.60. The third-order valence-electron chi connectivity index (χ3n) is 3.92. The van der Waals surface area contributed by atoms with Crippen molar-refractivity contribution in [3.8, 4) is 16.9 Å². The van der Waals surface area contributed by atoms with Crippen LogP contribution in [-0.2, 0) is 0 Å². The molecule has 4 rings (SSSR count). The molecule has 0 aliphatic heterocycles. The van der Waals surface area contributed by atoms with Gasteiger partial charge in [0.15, 0.2) is 0 Å². The standard InChI is InChI=1S/C19H15N7O/c20-18-16(19(27)24-14-7-9-21-22-12-14)5-6-17(25-18)13-3-1-4-15(11-13)26-10-2-8-23-26/h1-12H,(H2,20,25)(H,21,24,27). The van der Waals surface area contributed by atoms with Gasteiger partial charge < -0.3 is 11.1 Å². The fourth-order valence-corrected chi connectivity index (χ4v) is 2.62. The van der Waals surface area contributed by atoms with Crippen LogP contribution in [0.25, 0.3) is 16.9 Å². The molecular formula is C19H15N7O. The van der Waals surface area contributed by atoms with Crippen molar-refractivity contribution >= 4 is 17.4 Å². The van der Waals surface area contributed by atoms with Crippen molar-refractivity contribution in [1.29, 1.82) is 0 Å². The Kier molecular flexibility index (Phi) is 4.28. The van der Waals surface area contributed by atoms with Gasteiger partial charge in [0.05, 0.1) is 35.0 Å². The highest BCUT2D eigenvalue weighted by Crippen LogP contribution is 2.23. The molecular weight excluding hydrogens is 342 g/mol. The van der Waals surface area contributed by atoms with Crippen molar-refractivity contribution in [2.45, 2.75) is 0 Å². The number of nitrogens with zero attached hydrogens (tertiary/aromatic N) is 5. The van der Waals surface area contributed by atoms with Gasteiger partial charge in [-0.15, -0.1) is 0 Å². The minimum absolute atomic E-state index is 0.150. The van der Waals surface area contributed by atoms with Crippen molar-refractivity contribution in [1.82, 2.24) is 25.0 Å². The lowest BCUT2D eigenvalue weighted by molar-refractivity contribution is 0.102. The minimum Gasteiger partial charge on any atom is -0.383 e. The summed E-state index contributed by atoms with van der Waals surface area (Å²) in [5, 5.41) is 14.3. The molecule has 3 aromatic heterocycles. The lowest BCUT2D eigenvalue weighted by Crippen LogP contribution is -2.15. The molecule has 0 unspecified atom stereocenters. The SMILES string of the molecule is Nc1nc(-c2cccc(-n3cccn3)c2)ccc1C(=O)Nc1ccnnc1. The number of aromatic nitrogens is 5. The second-order valence-electron chi connectivity index (χ2n) is 5.72. The molecule has 0 aliphatic carbocycles. The van der Waals surface area contributed by atoms with Gasteiger partial charge in [-0.2, -0.15) is 15.3 Å². The summed E-state index contributed by atoms with van der Waals surface area (Å²) in [6.45, 7) is 0. The lowest BCUT2D eigenvalue weighted by Gasteiger charge is -2.09. The maximum Gasteiger partial charge on any atom is 0.259 e. The first-order valence-corrected chi connectivity index (χ1v) is 8.16. The van der Waals surface area contributed by atoms with Gasteiger partial charge in [0.1, 0.15) is 5.82 Å². The average Bonchev–Trinajstić information content (AvgIpc) is 3.23. The van der Waals surface area contributed by atoms with Crippen LogP contribution in [-0.4, -0.2) is 30.9 Å². The summed E-state index contributed by atoms with van der Waals surface area (Å²) in [5.41, 5.74) is 9.30. The zero-order valence-corrected chi connectivity index (χ0v) is 14.1. The Bertz CT molecular complexity index is 1080. The maximum atomic E-state index is 12.4. The van der Waals surface area contributed by atoms with Crippen LogP contribution in [0.2, 0.25) is 0 Å². The molecule has 0 fully saturated rings. The Morgan fingerprint density at radius 1 is 1.04 bits per heavy atom. The highest BCUT2D eigenvalue weighted by atomic mass is 16.1. The van der Waals surface area contributed by atoms with Gasteiger partial charge in [0.2, 0.25) is 0 Å².